The van der Waals surface area contributed by atoms with Crippen LogP contribution >= 0.6 is 0 Å². The lowest BCUT2D eigenvalue weighted by Gasteiger charge is -2.46. The largest absolute Gasteiger partial charge is 0.405 e. The molecule has 3 aliphatic rings. The average Bonchev–Trinajstić information content (AvgIpc) is 2.97. The molecule has 0 aromatic heterocycles. The Hall–Kier alpha value is -0.460. The molecule has 0 aromatic carbocycles. The third kappa shape index (κ3) is 3.10. The molecule has 3 rings (SSSR count). The van der Waals surface area contributed by atoms with Gasteiger partial charge in [0.2, 0.25) is 0 Å². The van der Waals surface area contributed by atoms with Crippen LogP contribution in [0.1, 0.15) is 92.9 Å². The Labute approximate surface area is 145 Å². The first kappa shape index (κ1) is 18.9. The summed E-state index contributed by atoms with van der Waals surface area (Å²) in [4.78, 5) is 0. The maximum atomic E-state index is 6.13. The van der Waals surface area contributed by atoms with Gasteiger partial charge < -0.3 is 5.73 Å². The van der Waals surface area contributed by atoms with Crippen LogP contribution in [0.5, 0.6) is 0 Å². The molecule has 0 spiro atoms. The van der Waals surface area contributed by atoms with Crippen molar-refractivity contribution in [1.29, 1.82) is 0 Å². The molecule has 0 aromatic rings. The van der Waals surface area contributed by atoms with Crippen molar-refractivity contribution in [2.75, 3.05) is 0 Å². The Morgan fingerprint density at radius 2 is 1.57 bits per heavy atom. The van der Waals surface area contributed by atoms with Gasteiger partial charge in [-0.15, -0.1) is 0 Å². The maximum Gasteiger partial charge on any atom is -0.00644 e. The zero-order valence-electron chi connectivity index (χ0n) is 16.6. The van der Waals surface area contributed by atoms with Crippen molar-refractivity contribution in [3.05, 3.63) is 11.8 Å². The zero-order valence-corrected chi connectivity index (χ0v) is 16.6. The van der Waals surface area contributed by atoms with Crippen LogP contribution in [0, 0.1) is 34.5 Å². The Kier molecular flexibility index (Phi) is 5.90. The lowest BCUT2D eigenvalue weighted by Crippen LogP contribution is -2.37. The second kappa shape index (κ2) is 7.19. The number of hydrogen-bond donors (Lipinski definition) is 1. The van der Waals surface area contributed by atoms with Gasteiger partial charge in [0.05, 0.1) is 0 Å². The number of hydrogen-bond acceptors (Lipinski definition) is 1. The molecule has 23 heavy (non-hydrogen) atoms. The van der Waals surface area contributed by atoms with E-state index in [4.69, 9.17) is 5.73 Å². The first-order valence-electron chi connectivity index (χ1n) is 10.3. The van der Waals surface area contributed by atoms with E-state index in [0.717, 1.165) is 23.7 Å². The summed E-state index contributed by atoms with van der Waals surface area (Å²) in [6.07, 6.45) is 13.1. The zero-order chi connectivity index (χ0) is 17.3. The molecule has 1 heteroatoms. The maximum absolute atomic E-state index is 6.13. The number of allylic oxidation sites excluding steroid dienone is 1. The van der Waals surface area contributed by atoms with Gasteiger partial charge in [-0.3, -0.25) is 0 Å². The normalized spacial score (nSPS) is 48.0. The van der Waals surface area contributed by atoms with E-state index in [0.29, 0.717) is 10.8 Å². The van der Waals surface area contributed by atoms with Crippen LogP contribution in [-0.4, -0.2) is 0 Å². The lowest BCUT2D eigenvalue weighted by molar-refractivity contribution is 0.0586. The smallest absolute Gasteiger partial charge is 0.00644 e. The van der Waals surface area contributed by atoms with Gasteiger partial charge in [-0.25, -0.2) is 0 Å². The van der Waals surface area contributed by atoms with E-state index in [1.807, 2.05) is 6.20 Å². The molecule has 0 radical (unpaired) electrons. The van der Waals surface area contributed by atoms with Crippen molar-refractivity contribution in [1.82, 2.24) is 0 Å². The fourth-order valence-corrected chi connectivity index (χ4v) is 6.01. The summed E-state index contributed by atoms with van der Waals surface area (Å²) in [7, 11) is 0. The molecule has 0 amide bonds. The lowest BCUT2D eigenvalue weighted by atomic mass is 9.59. The van der Waals surface area contributed by atoms with E-state index >= 15 is 0 Å². The molecule has 134 valence electrons. The molecule has 1 nitrogen and oxygen atoms in total. The molecule has 0 bridgehead atoms. The summed E-state index contributed by atoms with van der Waals surface area (Å²) >= 11 is 0. The molecule has 3 fully saturated rings. The summed E-state index contributed by atoms with van der Waals surface area (Å²) in [6.45, 7) is 14.3. The van der Waals surface area contributed by atoms with E-state index in [-0.39, 0.29) is 0 Å². The van der Waals surface area contributed by atoms with Crippen molar-refractivity contribution in [2.24, 2.45) is 40.2 Å². The van der Waals surface area contributed by atoms with E-state index in [1.165, 1.54) is 51.4 Å². The monoisotopic (exact) mass is 319 g/mol. The van der Waals surface area contributed by atoms with Crippen LogP contribution in [0.4, 0.5) is 0 Å². The van der Waals surface area contributed by atoms with Crippen molar-refractivity contribution in [2.45, 2.75) is 92.9 Å². The first-order valence-corrected chi connectivity index (χ1v) is 10.3. The number of nitrogens with two attached hydrogens (primary N) is 1. The van der Waals surface area contributed by atoms with Gasteiger partial charge in [-0.1, -0.05) is 67.2 Å². The van der Waals surface area contributed by atoms with E-state index in [9.17, 15) is 0 Å². The SMILES string of the molecule is CC1CCCCC1(C)C1CC2(C)C(C)CCC2/C1=C/N.CCC. The third-order valence-corrected chi connectivity index (χ3v) is 7.98. The second-order valence-corrected chi connectivity index (χ2v) is 9.32. The fraction of sp³-hybridized carbons (Fsp3) is 0.909. The minimum atomic E-state index is 0.497. The predicted molar refractivity (Wildman–Crippen MR) is 102 cm³/mol. The van der Waals surface area contributed by atoms with Crippen molar-refractivity contribution < 1.29 is 0 Å². The highest BCUT2D eigenvalue weighted by atomic mass is 14.6. The van der Waals surface area contributed by atoms with Crippen LogP contribution < -0.4 is 5.73 Å². The van der Waals surface area contributed by atoms with Crippen LogP contribution in [0.2, 0.25) is 0 Å². The van der Waals surface area contributed by atoms with Crippen LogP contribution in [0.3, 0.4) is 0 Å². The summed E-state index contributed by atoms with van der Waals surface area (Å²) in [6, 6.07) is 0. The molecule has 0 heterocycles. The second-order valence-electron chi connectivity index (χ2n) is 9.32. The van der Waals surface area contributed by atoms with Crippen molar-refractivity contribution in [3.8, 4) is 0 Å². The molecule has 3 saturated carbocycles. The molecule has 2 N–H and O–H groups in total. The van der Waals surface area contributed by atoms with E-state index in [1.54, 1.807) is 5.57 Å². The quantitative estimate of drug-likeness (QED) is 0.584. The van der Waals surface area contributed by atoms with Gasteiger partial charge in [0.25, 0.3) is 0 Å². The predicted octanol–water partition coefficient (Wildman–Crippen LogP) is 6.53. The topological polar surface area (TPSA) is 26.0 Å². The first-order chi connectivity index (χ1) is 10.8. The molecule has 3 aliphatic carbocycles. The van der Waals surface area contributed by atoms with E-state index in [2.05, 4.69) is 41.5 Å². The van der Waals surface area contributed by atoms with Gasteiger partial charge in [0, 0.05) is 0 Å². The number of rotatable bonds is 1. The van der Waals surface area contributed by atoms with Crippen LogP contribution in [-0.2, 0) is 0 Å². The Morgan fingerprint density at radius 1 is 0.957 bits per heavy atom. The van der Waals surface area contributed by atoms with Gasteiger partial charge in [-0.2, -0.15) is 0 Å². The highest BCUT2D eigenvalue weighted by Crippen LogP contribution is 2.66. The van der Waals surface area contributed by atoms with Gasteiger partial charge in [0.1, 0.15) is 0 Å². The molecular formula is C22H41N. The minimum Gasteiger partial charge on any atom is -0.405 e. The van der Waals surface area contributed by atoms with Crippen molar-refractivity contribution >= 4 is 0 Å². The third-order valence-electron chi connectivity index (χ3n) is 7.98. The average molecular weight is 320 g/mol. The Morgan fingerprint density at radius 3 is 2.13 bits per heavy atom. The molecule has 6 atom stereocenters. The summed E-state index contributed by atoms with van der Waals surface area (Å²) in [5, 5.41) is 0. The summed E-state index contributed by atoms with van der Waals surface area (Å²) in [5.41, 5.74) is 8.79. The van der Waals surface area contributed by atoms with E-state index < -0.39 is 0 Å². The highest BCUT2D eigenvalue weighted by molar-refractivity contribution is 5.26. The number of fused-ring (bicyclic) bond motifs is 1. The fourth-order valence-electron chi connectivity index (χ4n) is 6.01. The van der Waals surface area contributed by atoms with Crippen molar-refractivity contribution in [3.63, 3.8) is 0 Å². The van der Waals surface area contributed by atoms with Crippen LogP contribution in [0.25, 0.3) is 0 Å². The summed E-state index contributed by atoms with van der Waals surface area (Å²) in [5.74, 6) is 3.25. The minimum absolute atomic E-state index is 0.497. The highest BCUT2D eigenvalue weighted by Gasteiger charge is 2.58. The summed E-state index contributed by atoms with van der Waals surface area (Å²) < 4.78 is 0. The Bertz CT molecular complexity index is 426. The van der Waals surface area contributed by atoms with Gasteiger partial charge in [0.15, 0.2) is 0 Å². The van der Waals surface area contributed by atoms with Crippen LogP contribution in [0.15, 0.2) is 11.8 Å². The molecule has 0 aliphatic heterocycles. The standard InChI is InChI=1S/C19H33N.C3H8/c1-13-7-5-6-10-18(13,3)17-11-19(4)14(2)8-9-16(19)15(17)12-20;1-3-2/h12-14,16-17H,5-11,20H2,1-4H3;3H2,1-2H3/b15-12-;. The molecule has 0 saturated heterocycles. The molecular weight excluding hydrogens is 278 g/mol. The van der Waals surface area contributed by atoms with Gasteiger partial charge >= 0.3 is 0 Å². The molecule has 6 unspecified atom stereocenters. The Balaban J connectivity index is 0.000000595. The van der Waals surface area contributed by atoms with Gasteiger partial charge in [-0.05, 0) is 72.0 Å².